The van der Waals surface area contributed by atoms with Gasteiger partial charge in [0.25, 0.3) is 11.8 Å². The van der Waals surface area contributed by atoms with Gasteiger partial charge in [0.15, 0.2) is 0 Å². The number of hydrogen-bond donors (Lipinski definition) is 3. The minimum Gasteiger partial charge on any atom is -0.477 e. The van der Waals surface area contributed by atoms with Gasteiger partial charge in [0.1, 0.15) is 0 Å². The molecule has 28 heavy (non-hydrogen) atoms. The third kappa shape index (κ3) is 5.25. The van der Waals surface area contributed by atoms with Crippen LogP contribution in [-0.4, -0.2) is 58.8 Å². The summed E-state index contributed by atoms with van der Waals surface area (Å²) in [5, 5.41) is 5.00. The Morgan fingerprint density at radius 1 is 1.14 bits per heavy atom. The van der Waals surface area contributed by atoms with Gasteiger partial charge in [-0.3, -0.25) is 0 Å². The maximum absolute atomic E-state index is 12.5. The van der Waals surface area contributed by atoms with Crippen LogP contribution in [0.3, 0.4) is 0 Å². The summed E-state index contributed by atoms with van der Waals surface area (Å²) in [6.45, 7) is 0.0997. The summed E-state index contributed by atoms with van der Waals surface area (Å²) in [5.74, 6) is -0.289. The first-order valence-electron chi connectivity index (χ1n) is 7.92. The minimum atomic E-state index is -3.81. The molecule has 0 atom stereocenters. The number of carbonyl (C=O) groups excluding carboxylic acids is 1. The van der Waals surface area contributed by atoms with Crippen molar-refractivity contribution in [2.45, 2.75) is 5.75 Å². The Hall–Kier alpha value is -2.08. The molecule has 0 aliphatic rings. The number of rotatable bonds is 8. The Bertz CT molecular complexity index is 987. The summed E-state index contributed by atoms with van der Waals surface area (Å²) in [6.07, 6.45) is 0. The Labute approximate surface area is 172 Å². The van der Waals surface area contributed by atoms with Crippen LogP contribution in [0.5, 0.6) is 11.8 Å². The van der Waals surface area contributed by atoms with Crippen molar-refractivity contribution >= 4 is 50.3 Å². The standard InChI is InChI=1S/C15H19Cl2N5O5S/c1-18-15(23)19-4-5-20-28(24,25)7-8-11(17)9(16)6-10-12(8)22-14(27-3)13(21-10)26-2/h6,20H,4-5,7H2,1-3H3,(H2,18,19,23). The van der Waals surface area contributed by atoms with Crippen LogP contribution in [0.4, 0.5) is 4.79 Å². The number of methoxy groups -OCH3 is 2. The van der Waals surface area contributed by atoms with Crippen LogP contribution in [0.15, 0.2) is 6.07 Å². The van der Waals surface area contributed by atoms with E-state index in [1.165, 1.54) is 27.3 Å². The van der Waals surface area contributed by atoms with E-state index in [4.69, 9.17) is 32.7 Å². The van der Waals surface area contributed by atoms with Gasteiger partial charge in [0, 0.05) is 25.7 Å². The lowest BCUT2D eigenvalue weighted by molar-refractivity contribution is 0.243. The van der Waals surface area contributed by atoms with Crippen molar-refractivity contribution < 1.29 is 22.7 Å². The van der Waals surface area contributed by atoms with Gasteiger partial charge in [0.2, 0.25) is 10.0 Å². The number of fused-ring (bicyclic) bond motifs is 1. The van der Waals surface area contributed by atoms with E-state index in [0.717, 1.165) is 0 Å². The van der Waals surface area contributed by atoms with Crippen LogP contribution in [0.1, 0.15) is 5.56 Å². The topological polar surface area (TPSA) is 132 Å². The Morgan fingerprint density at radius 2 is 1.79 bits per heavy atom. The average Bonchev–Trinajstić information content (AvgIpc) is 2.67. The smallest absolute Gasteiger partial charge is 0.314 e. The van der Waals surface area contributed by atoms with E-state index in [-0.39, 0.29) is 46.0 Å². The van der Waals surface area contributed by atoms with Crippen molar-refractivity contribution in [2.24, 2.45) is 0 Å². The number of halogens is 2. The molecule has 2 aromatic rings. The highest BCUT2D eigenvalue weighted by molar-refractivity contribution is 7.88. The van der Waals surface area contributed by atoms with Crippen molar-refractivity contribution in [3.05, 3.63) is 21.7 Å². The average molecular weight is 452 g/mol. The highest BCUT2D eigenvalue weighted by atomic mass is 35.5. The third-order valence-corrected chi connectivity index (χ3v) is 5.70. The maximum atomic E-state index is 12.5. The molecule has 0 unspecified atom stereocenters. The molecule has 1 heterocycles. The first-order valence-corrected chi connectivity index (χ1v) is 10.3. The molecule has 1 aromatic carbocycles. The summed E-state index contributed by atoms with van der Waals surface area (Å²) in [6, 6.07) is 1.05. The quantitative estimate of drug-likeness (QED) is 0.515. The molecule has 0 bridgehead atoms. The lowest BCUT2D eigenvalue weighted by Gasteiger charge is -2.13. The highest BCUT2D eigenvalue weighted by Gasteiger charge is 2.22. The van der Waals surface area contributed by atoms with Crippen molar-refractivity contribution in [3.8, 4) is 11.8 Å². The molecular formula is C15H19Cl2N5O5S. The summed E-state index contributed by atoms with van der Waals surface area (Å²) in [4.78, 5) is 19.6. The molecule has 13 heteroatoms. The summed E-state index contributed by atoms with van der Waals surface area (Å²) in [5.41, 5.74) is 0.698. The van der Waals surface area contributed by atoms with Gasteiger partial charge in [-0.25, -0.2) is 27.9 Å². The number of aromatic nitrogens is 2. The molecule has 0 saturated carbocycles. The maximum Gasteiger partial charge on any atom is 0.314 e. The second-order valence-corrected chi connectivity index (χ2v) is 8.01. The van der Waals surface area contributed by atoms with E-state index in [2.05, 4.69) is 25.3 Å². The molecule has 3 N–H and O–H groups in total. The molecule has 0 saturated heterocycles. The fourth-order valence-electron chi connectivity index (χ4n) is 2.28. The summed E-state index contributed by atoms with van der Waals surface area (Å²) in [7, 11) is 0.428. The molecule has 0 aliphatic heterocycles. The Morgan fingerprint density at radius 3 is 2.39 bits per heavy atom. The summed E-state index contributed by atoms with van der Waals surface area (Å²) >= 11 is 12.4. The van der Waals surface area contributed by atoms with Crippen LogP contribution in [0.2, 0.25) is 10.0 Å². The molecule has 0 spiro atoms. The van der Waals surface area contributed by atoms with Crippen LogP contribution in [0, 0.1) is 0 Å². The molecule has 154 valence electrons. The lowest BCUT2D eigenvalue weighted by Crippen LogP contribution is -2.39. The molecule has 1 aromatic heterocycles. The van der Waals surface area contributed by atoms with E-state index in [9.17, 15) is 13.2 Å². The number of ether oxygens (including phenoxy) is 2. The van der Waals surface area contributed by atoms with E-state index in [1.54, 1.807) is 0 Å². The fourth-order valence-corrected chi connectivity index (χ4v) is 3.96. The van der Waals surface area contributed by atoms with E-state index in [0.29, 0.717) is 5.52 Å². The van der Waals surface area contributed by atoms with E-state index in [1.807, 2.05) is 0 Å². The first kappa shape index (κ1) is 22.2. The van der Waals surface area contributed by atoms with E-state index >= 15 is 0 Å². The number of nitrogens with one attached hydrogen (secondary N) is 3. The second kappa shape index (κ2) is 9.41. The van der Waals surface area contributed by atoms with Crippen molar-refractivity contribution in [2.75, 3.05) is 34.4 Å². The SMILES string of the molecule is CNC(=O)NCCNS(=O)(=O)Cc1c(Cl)c(Cl)cc2nc(OC)c(OC)nc12. The minimum absolute atomic E-state index is 0.00526. The molecule has 0 aliphatic carbocycles. The molecule has 2 rings (SSSR count). The Kier molecular flexibility index (Phi) is 7.47. The molecule has 10 nitrogen and oxygen atoms in total. The molecule has 2 amide bonds. The molecule has 0 fully saturated rings. The van der Waals surface area contributed by atoms with Gasteiger partial charge in [-0.15, -0.1) is 0 Å². The van der Waals surface area contributed by atoms with Gasteiger partial charge < -0.3 is 20.1 Å². The number of amides is 2. The van der Waals surface area contributed by atoms with Crippen LogP contribution in [-0.2, 0) is 15.8 Å². The van der Waals surface area contributed by atoms with Crippen LogP contribution in [0.25, 0.3) is 11.0 Å². The van der Waals surface area contributed by atoms with Gasteiger partial charge >= 0.3 is 6.03 Å². The zero-order chi connectivity index (χ0) is 20.9. The highest BCUT2D eigenvalue weighted by Crippen LogP contribution is 2.35. The van der Waals surface area contributed by atoms with Crippen molar-refractivity contribution in [3.63, 3.8) is 0 Å². The van der Waals surface area contributed by atoms with E-state index < -0.39 is 21.8 Å². The monoisotopic (exact) mass is 451 g/mol. The van der Waals surface area contributed by atoms with Crippen LogP contribution >= 0.6 is 23.2 Å². The number of sulfonamides is 1. The fraction of sp³-hybridized carbons (Fsp3) is 0.400. The number of nitrogens with zero attached hydrogens (tertiary/aromatic N) is 2. The number of urea groups is 1. The number of benzene rings is 1. The third-order valence-electron chi connectivity index (χ3n) is 3.57. The van der Waals surface area contributed by atoms with Crippen LogP contribution < -0.4 is 24.8 Å². The lowest BCUT2D eigenvalue weighted by atomic mass is 10.2. The predicted octanol–water partition coefficient (Wildman–Crippen LogP) is 1.30. The second-order valence-electron chi connectivity index (χ2n) is 5.42. The summed E-state index contributed by atoms with van der Waals surface area (Å²) < 4.78 is 37.5. The molecular weight excluding hydrogens is 433 g/mol. The number of hydrogen-bond acceptors (Lipinski definition) is 7. The number of carbonyl (C=O) groups is 1. The van der Waals surface area contributed by atoms with Gasteiger partial charge in [-0.2, -0.15) is 0 Å². The van der Waals surface area contributed by atoms with Crippen molar-refractivity contribution in [1.29, 1.82) is 0 Å². The largest absolute Gasteiger partial charge is 0.477 e. The Balaban J connectivity index is 2.34. The zero-order valence-corrected chi connectivity index (χ0v) is 17.6. The van der Waals surface area contributed by atoms with Gasteiger partial charge in [0.05, 0.1) is 41.1 Å². The predicted molar refractivity (Wildman–Crippen MR) is 106 cm³/mol. The molecule has 0 radical (unpaired) electrons. The van der Waals surface area contributed by atoms with Gasteiger partial charge in [-0.05, 0) is 6.07 Å². The van der Waals surface area contributed by atoms with Gasteiger partial charge in [-0.1, -0.05) is 23.2 Å². The first-order chi connectivity index (χ1) is 13.2. The zero-order valence-electron chi connectivity index (χ0n) is 15.3. The normalized spacial score (nSPS) is 11.3. The van der Waals surface area contributed by atoms with Crippen molar-refractivity contribution in [1.82, 2.24) is 25.3 Å².